The van der Waals surface area contributed by atoms with Gasteiger partial charge in [-0.25, -0.2) is 8.42 Å². The standard InChI is InChI=1S/C13H16ClNO5S/c1-20-12-3-2-10(7-11(12)14)21(18,19)15-5-4-9(8-15)6-13(16)17/h2-3,7,9H,4-6,8H2,1H3,(H,16,17). The quantitative estimate of drug-likeness (QED) is 0.888. The molecule has 0 aliphatic carbocycles. The van der Waals surface area contributed by atoms with Crippen LogP contribution in [0.4, 0.5) is 0 Å². The Morgan fingerprint density at radius 3 is 2.81 bits per heavy atom. The van der Waals surface area contributed by atoms with Crippen molar-refractivity contribution in [1.29, 1.82) is 0 Å². The van der Waals surface area contributed by atoms with Crippen LogP contribution in [-0.4, -0.2) is 44.0 Å². The maximum Gasteiger partial charge on any atom is 0.303 e. The summed E-state index contributed by atoms with van der Waals surface area (Å²) in [4.78, 5) is 10.8. The number of sulfonamides is 1. The van der Waals surface area contributed by atoms with E-state index in [0.29, 0.717) is 18.7 Å². The molecule has 116 valence electrons. The summed E-state index contributed by atoms with van der Waals surface area (Å²) in [5.41, 5.74) is 0. The van der Waals surface area contributed by atoms with E-state index in [4.69, 9.17) is 21.4 Å². The molecule has 0 aromatic heterocycles. The van der Waals surface area contributed by atoms with Gasteiger partial charge in [0.1, 0.15) is 5.75 Å². The fraction of sp³-hybridized carbons (Fsp3) is 0.462. The maximum atomic E-state index is 12.5. The minimum Gasteiger partial charge on any atom is -0.495 e. The van der Waals surface area contributed by atoms with Crippen molar-refractivity contribution in [2.24, 2.45) is 5.92 Å². The fourth-order valence-electron chi connectivity index (χ4n) is 2.39. The van der Waals surface area contributed by atoms with Gasteiger partial charge in [-0.1, -0.05) is 11.6 Å². The zero-order valence-corrected chi connectivity index (χ0v) is 13.0. The average Bonchev–Trinajstić information content (AvgIpc) is 2.87. The Balaban J connectivity index is 2.19. The van der Waals surface area contributed by atoms with Crippen LogP contribution in [0.5, 0.6) is 5.75 Å². The van der Waals surface area contributed by atoms with Crippen molar-refractivity contribution in [2.75, 3.05) is 20.2 Å². The normalized spacial score (nSPS) is 19.6. The summed E-state index contributed by atoms with van der Waals surface area (Å²) in [5, 5.41) is 9.00. The van der Waals surface area contributed by atoms with E-state index in [1.54, 1.807) is 0 Å². The molecule has 1 fully saturated rings. The first-order chi connectivity index (χ1) is 9.84. The number of hydrogen-bond donors (Lipinski definition) is 1. The lowest BCUT2D eigenvalue weighted by Crippen LogP contribution is -2.29. The van der Waals surface area contributed by atoms with E-state index >= 15 is 0 Å². The number of carboxylic acid groups (broad SMARTS) is 1. The second kappa shape index (κ2) is 6.21. The van der Waals surface area contributed by atoms with Gasteiger partial charge in [0, 0.05) is 19.5 Å². The number of carboxylic acids is 1. The van der Waals surface area contributed by atoms with Gasteiger partial charge in [-0.2, -0.15) is 4.31 Å². The van der Waals surface area contributed by atoms with E-state index < -0.39 is 16.0 Å². The van der Waals surface area contributed by atoms with Crippen LogP contribution in [0.2, 0.25) is 5.02 Å². The van der Waals surface area contributed by atoms with Crippen molar-refractivity contribution >= 4 is 27.6 Å². The molecule has 1 heterocycles. The lowest BCUT2D eigenvalue weighted by atomic mass is 10.1. The number of benzene rings is 1. The first-order valence-electron chi connectivity index (χ1n) is 6.40. The molecule has 0 spiro atoms. The van der Waals surface area contributed by atoms with Gasteiger partial charge in [-0.3, -0.25) is 4.79 Å². The van der Waals surface area contributed by atoms with E-state index in [-0.39, 0.29) is 28.8 Å². The first-order valence-corrected chi connectivity index (χ1v) is 8.22. The molecule has 1 N–H and O–H groups in total. The first kappa shape index (κ1) is 16.1. The van der Waals surface area contributed by atoms with Crippen molar-refractivity contribution in [2.45, 2.75) is 17.7 Å². The number of carbonyl (C=O) groups is 1. The van der Waals surface area contributed by atoms with E-state index in [0.717, 1.165) is 0 Å². The average molecular weight is 334 g/mol. The molecule has 1 atom stereocenters. The molecule has 0 saturated carbocycles. The fourth-order valence-corrected chi connectivity index (χ4v) is 4.27. The van der Waals surface area contributed by atoms with Crippen LogP contribution < -0.4 is 4.74 Å². The lowest BCUT2D eigenvalue weighted by Gasteiger charge is -2.17. The largest absolute Gasteiger partial charge is 0.495 e. The molecule has 1 aromatic carbocycles. The number of nitrogens with zero attached hydrogens (tertiary/aromatic N) is 1. The van der Waals surface area contributed by atoms with Crippen LogP contribution in [0.1, 0.15) is 12.8 Å². The molecule has 1 aromatic rings. The second-order valence-corrected chi connectivity index (χ2v) is 7.26. The summed E-state index contributed by atoms with van der Waals surface area (Å²) in [5.74, 6) is -0.654. The highest BCUT2D eigenvalue weighted by molar-refractivity contribution is 7.89. The Morgan fingerprint density at radius 2 is 2.24 bits per heavy atom. The van der Waals surface area contributed by atoms with Crippen molar-refractivity contribution < 1.29 is 23.1 Å². The van der Waals surface area contributed by atoms with Crippen molar-refractivity contribution in [1.82, 2.24) is 4.31 Å². The second-order valence-electron chi connectivity index (χ2n) is 4.91. The molecule has 0 radical (unpaired) electrons. The molecular formula is C13H16ClNO5S. The monoisotopic (exact) mass is 333 g/mol. The van der Waals surface area contributed by atoms with E-state index in [9.17, 15) is 13.2 Å². The van der Waals surface area contributed by atoms with Crippen molar-refractivity contribution in [3.05, 3.63) is 23.2 Å². The van der Waals surface area contributed by atoms with E-state index in [2.05, 4.69) is 0 Å². The third kappa shape index (κ3) is 3.48. The highest BCUT2D eigenvalue weighted by Gasteiger charge is 2.33. The molecule has 0 amide bonds. The molecule has 2 rings (SSSR count). The summed E-state index contributed by atoms with van der Waals surface area (Å²) in [6, 6.07) is 4.28. The predicted octanol–water partition coefficient (Wildman–Crippen LogP) is 1.83. The van der Waals surface area contributed by atoms with Gasteiger partial charge in [0.2, 0.25) is 10.0 Å². The molecule has 1 aliphatic rings. The predicted molar refractivity (Wildman–Crippen MR) is 77.1 cm³/mol. The zero-order chi connectivity index (χ0) is 15.6. The summed E-state index contributed by atoms with van der Waals surface area (Å²) in [6.45, 7) is 0.544. The Kier molecular flexibility index (Phi) is 4.75. The lowest BCUT2D eigenvalue weighted by molar-refractivity contribution is -0.137. The highest BCUT2D eigenvalue weighted by atomic mass is 35.5. The summed E-state index contributed by atoms with van der Waals surface area (Å²) >= 11 is 5.95. The van der Waals surface area contributed by atoms with Gasteiger partial charge in [0.25, 0.3) is 0 Å². The van der Waals surface area contributed by atoms with Crippen LogP contribution in [0.15, 0.2) is 23.1 Å². The molecule has 0 bridgehead atoms. The Morgan fingerprint density at radius 1 is 1.52 bits per heavy atom. The Labute approximate surface area is 128 Å². The Bertz CT molecular complexity index is 646. The van der Waals surface area contributed by atoms with Crippen LogP contribution in [0.3, 0.4) is 0 Å². The van der Waals surface area contributed by atoms with Gasteiger partial charge in [-0.15, -0.1) is 0 Å². The minimum atomic E-state index is -3.65. The SMILES string of the molecule is COc1ccc(S(=O)(=O)N2CCC(CC(=O)O)C2)cc1Cl. The molecular weight excluding hydrogens is 318 g/mol. The number of hydrogen-bond acceptors (Lipinski definition) is 4. The van der Waals surface area contributed by atoms with Crippen LogP contribution in [0.25, 0.3) is 0 Å². The molecule has 21 heavy (non-hydrogen) atoms. The number of rotatable bonds is 5. The van der Waals surface area contributed by atoms with Gasteiger partial charge in [0.15, 0.2) is 0 Å². The topological polar surface area (TPSA) is 83.9 Å². The van der Waals surface area contributed by atoms with Crippen LogP contribution in [0, 0.1) is 5.92 Å². The molecule has 8 heteroatoms. The summed E-state index contributed by atoms with van der Waals surface area (Å²) < 4.78 is 31.3. The molecule has 1 unspecified atom stereocenters. The van der Waals surface area contributed by atoms with Crippen LogP contribution in [-0.2, 0) is 14.8 Å². The number of methoxy groups -OCH3 is 1. The van der Waals surface area contributed by atoms with Gasteiger partial charge in [0.05, 0.1) is 17.0 Å². The van der Waals surface area contributed by atoms with E-state index in [1.807, 2.05) is 0 Å². The van der Waals surface area contributed by atoms with Gasteiger partial charge < -0.3 is 9.84 Å². The third-order valence-electron chi connectivity index (χ3n) is 3.47. The van der Waals surface area contributed by atoms with E-state index in [1.165, 1.54) is 29.6 Å². The summed E-state index contributed by atoms with van der Waals surface area (Å²) in [6.07, 6.45) is 0.533. The number of ether oxygens (including phenoxy) is 1. The van der Waals surface area contributed by atoms with Crippen LogP contribution >= 0.6 is 11.6 Å². The van der Waals surface area contributed by atoms with Gasteiger partial charge >= 0.3 is 5.97 Å². The number of halogens is 1. The maximum absolute atomic E-state index is 12.5. The molecule has 1 saturated heterocycles. The Hall–Kier alpha value is -1.31. The van der Waals surface area contributed by atoms with Crippen molar-refractivity contribution in [3.63, 3.8) is 0 Å². The van der Waals surface area contributed by atoms with Crippen molar-refractivity contribution in [3.8, 4) is 5.75 Å². The highest BCUT2D eigenvalue weighted by Crippen LogP contribution is 2.31. The third-order valence-corrected chi connectivity index (χ3v) is 5.63. The number of aliphatic carboxylic acids is 1. The zero-order valence-electron chi connectivity index (χ0n) is 11.5. The summed E-state index contributed by atoms with van der Waals surface area (Å²) in [7, 11) is -2.20. The molecule has 1 aliphatic heterocycles. The minimum absolute atomic E-state index is 0.0185. The smallest absolute Gasteiger partial charge is 0.303 e. The van der Waals surface area contributed by atoms with Gasteiger partial charge in [-0.05, 0) is 30.5 Å². The molecule has 6 nitrogen and oxygen atoms in total.